The molecule has 39 nitrogen and oxygen atoms in total. The van der Waals surface area contributed by atoms with E-state index >= 15 is 0 Å². The number of carboxylic acids is 1. The molecule has 2 aromatic heterocycles. The first-order valence-electron chi connectivity index (χ1n) is 32.9. The number of phosphoric ester groups is 1. The zero-order valence-corrected chi connectivity index (χ0v) is 65.3. The number of nitrogens with two attached hydrogens (primary N) is 1. The number of aromatic nitrogens is 3. The van der Waals surface area contributed by atoms with Crippen LogP contribution in [-0.4, -0.2) is 194 Å². The van der Waals surface area contributed by atoms with Crippen molar-refractivity contribution in [2.45, 2.75) is 82.2 Å². The third-order valence-electron chi connectivity index (χ3n) is 16.3. The first kappa shape index (κ1) is 84.8. The number of carboxylic acid groups (broad SMARTS) is 1. The summed E-state index contributed by atoms with van der Waals surface area (Å²) in [5.41, 5.74) is 15.3. The Balaban J connectivity index is 0.727. The third kappa shape index (κ3) is 22.8. The van der Waals surface area contributed by atoms with E-state index in [1.54, 1.807) is 75.8 Å². The van der Waals surface area contributed by atoms with Crippen LogP contribution in [0.3, 0.4) is 0 Å². The SMILES string of the molecule is CSS[C@H](C)O[C@@H]1C[C@H](n2cc(C#CCNC(=O)COCCOC(COc3cccc(C(=O)NCCNC(=O)c4ccc(C(=O)O)c(C5=c6cc7c(cc6Oc6cc8c(cc65)C(CS(=O)(=O)O)=CC(C)(C)N8)=NC(C)(C)C=C7CS(=O)(=O)O)c4)c3)N=[N+]=[N-])c3c(N)ncnc32)O[C@@H]1COP(=O)(O)OP(=O)(O)OP(=O)(O)O. The highest BCUT2D eigenvalue weighted by molar-refractivity contribution is 8.76. The number of fused-ring (bicyclic) bond motifs is 5. The highest BCUT2D eigenvalue weighted by Gasteiger charge is 2.45. The number of carbonyl (C=O) groups is 4. The van der Waals surface area contributed by atoms with Crippen LogP contribution in [0.25, 0.3) is 38.2 Å². The van der Waals surface area contributed by atoms with Gasteiger partial charge in [0.05, 0.1) is 65.4 Å². The van der Waals surface area contributed by atoms with Crippen molar-refractivity contribution < 1.29 is 125 Å². The number of rotatable bonds is 34. The minimum Gasteiger partial charge on any atom is -0.491 e. The zero-order chi connectivity index (χ0) is 80.8. The molecule has 6 aromatic rings. The molecule has 10 rings (SSSR count). The molecule has 4 aliphatic rings. The van der Waals surface area contributed by atoms with Gasteiger partial charge < -0.3 is 84.7 Å². The molecule has 1 saturated heterocycles. The molecule has 7 atom stereocenters. The third-order valence-corrected chi connectivity index (χ3v) is 23.5. The number of azide groups is 1. The highest BCUT2D eigenvalue weighted by atomic mass is 33.1. The Hall–Kier alpha value is -8.63. The molecule has 111 heavy (non-hydrogen) atoms. The van der Waals surface area contributed by atoms with E-state index in [1.165, 1.54) is 82.6 Å². The van der Waals surface area contributed by atoms with Gasteiger partial charge in [0, 0.05) is 87.0 Å². The number of carbonyl (C=O) groups excluding carboxylic acids is 3. The Labute approximate surface area is 640 Å². The summed E-state index contributed by atoms with van der Waals surface area (Å²) in [6.07, 6.45) is 3.59. The number of hydrogen-bond donors (Lipinski definition) is 12. The van der Waals surface area contributed by atoms with Gasteiger partial charge in [0.25, 0.3) is 32.1 Å². The number of nitrogens with one attached hydrogen (secondary N) is 4. The summed E-state index contributed by atoms with van der Waals surface area (Å²) >= 11 is 0. The van der Waals surface area contributed by atoms with Crippen molar-refractivity contribution in [1.82, 2.24) is 30.5 Å². The monoisotopic (exact) mass is 1670 g/mol. The fraction of sp³-hybridized carbons (Fsp3) is 0.369. The van der Waals surface area contributed by atoms with Crippen LogP contribution in [0.2, 0.25) is 0 Å². The summed E-state index contributed by atoms with van der Waals surface area (Å²) < 4.78 is 155. The molecule has 0 spiro atoms. The molecule has 594 valence electrons. The molecular weight excluding hydrogens is 1600 g/mol. The second-order valence-electron chi connectivity index (χ2n) is 25.9. The van der Waals surface area contributed by atoms with Crippen LogP contribution < -0.4 is 47.1 Å². The highest BCUT2D eigenvalue weighted by Crippen LogP contribution is 2.66. The van der Waals surface area contributed by atoms with E-state index in [1.807, 2.05) is 0 Å². The van der Waals surface area contributed by atoms with Gasteiger partial charge in [0.15, 0.2) is 6.23 Å². The minimum atomic E-state index is -5.81. The van der Waals surface area contributed by atoms with Crippen molar-refractivity contribution in [2.24, 2.45) is 10.1 Å². The first-order valence-corrected chi connectivity index (χ1v) is 43.2. The summed E-state index contributed by atoms with van der Waals surface area (Å²) in [5, 5.41) is 26.5. The number of amides is 3. The Morgan fingerprint density at radius 3 is 2.24 bits per heavy atom. The zero-order valence-electron chi connectivity index (χ0n) is 59.3. The van der Waals surface area contributed by atoms with Gasteiger partial charge in [-0.25, -0.2) is 28.5 Å². The van der Waals surface area contributed by atoms with Gasteiger partial charge in [0.2, 0.25) is 5.91 Å². The van der Waals surface area contributed by atoms with Crippen molar-refractivity contribution in [3.8, 4) is 29.1 Å². The van der Waals surface area contributed by atoms with Gasteiger partial charge in [-0.3, -0.25) is 33.0 Å². The van der Waals surface area contributed by atoms with E-state index < -0.39 is 133 Å². The number of benzene rings is 4. The lowest BCUT2D eigenvalue weighted by atomic mass is 9.84. The maximum absolute atomic E-state index is 14.1. The number of aromatic carboxylic acids is 1. The van der Waals surface area contributed by atoms with Crippen LogP contribution in [0.4, 0.5) is 11.5 Å². The number of nitrogen functional groups attached to an aromatic ring is 1. The predicted molar refractivity (Wildman–Crippen MR) is 401 cm³/mol. The summed E-state index contributed by atoms with van der Waals surface area (Å²) in [6.45, 7) is 6.36. The van der Waals surface area contributed by atoms with E-state index in [0.717, 1.165) is 0 Å². The average Bonchev–Trinajstić information content (AvgIpc) is 1.04. The Bertz CT molecular complexity index is 5420. The molecule has 3 unspecified atom stereocenters. The molecule has 46 heteroatoms. The van der Waals surface area contributed by atoms with Crippen molar-refractivity contribution in [3.05, 3.63) is 157 Å². The van der Waals surface area contributed by atoms with Crippen LogP contribution in [0, 0.1) is 11.8 Å². The molecule has 3 amide bonds. The molecule has 6 heterocycles. The number of ether oxygens (including phenoxy) is 6. The molecular formula is C65H73N12O27P3S4. The van der Waals surface area contributed by atoms with Crippen molar-refractivity contribution >= 4 is 128 Å². The summed E-state index contributed by atoms with van der Waals surface area (Å²) in [5.74, 6) is 1.32. The second-order valence-corrected chi connectivity index (χ2v) is 36.0. The largest absolute Gasteiger partial charge is 0.491 e. The van der Waals surface area contributed by atoms with Crippen molar-refractivity contribution in [3.63, 3.8) is 0 Å². The van der Waals surface area contributed by atoms with E-state index in [0.29, 0.717) is 22.2 Å². The quantitative estimate of drug-likeness (QED) is 0.00254. The molecule has 4 aromatic carbocycles. The van der Waals surface area contributed by atoms with E-state index in [2.05, 4.69) is 61.7 Å². The first-order chi connectivity index (χ1) is 52.0. The van der Waals surface area contributed by atoms with Crippen molar-refractivity contribution in [2.75, 3.05) is 81.5 Å². The smallest absolute Gasteiger partial charge is 0.490 e. The molecule has 0 aliphatic carbocycles. The lowest BCUT2D eigenvalue weighted by Gasteiger charge is -2.34. The number of phosphoric acid groups is 3. The summed E-state index contributed by atoms with van der Waals surface area (Å²) in [4.78, 5) is 107. The topological polar surface area (TPSA) is 578 Å². The normalized spacial score (nSPS) is 18.4. The maximum Gasteiger partial charge on any atom is 0.490 e. The number of anilines is 2. The van der Waals surface area contributed by atoms with Gasteiger partial charge in [-0.2, -0.15) is 25.5 Å². The fourth-order valence-corrected chi connectivity index (χ4v) is 18.0. The van der Waals surface area contributed by atoms with Crippen LogP contribution >= 0.6 is 45.1 Å². The van der Waals surface area contributed by atoms with Crippen LogP contribution in [0.1, 0.15) is 106 Å². The molecule has 0 bridgehead atoms. The van der Waals surface area contributed by atoms with E-state index in [4.69, 9.17) is 53.5 Å². The van der Waals surface area contributed by atoms with E-state index in [9.17, 15) is 79.2 Å². The van der Waals surface area contributed by atoms with Crippen LogP contribution in [0.5, 0.6) is 17.2 Å². The van der Waals surface area contributed by atoms with Gasteiger partial charge in [0.1, 0.15) is 77.5 Å². The van der Waals surface area contributed by atoms with Crippen LogP contribution in [-0.2, 0) is 70.8 Å². The van der Waals surface area contributed by atoms with Crippen molar-refractivity contribution in [1.29, 1.82) is 0 Å². The number of nitrogens with zero attached hydrogens (tertiary/aromatic N) is 7. The molecule has 0 radical (unpaired) electrons. The lowest BCUT2D eigenvalue weighted by molar-refractivity contribution is -0.126. The summed E-state index contributed by atoms with van der Waals surface area (Å²) in [6, 6.07) is 16.0. The van der Waals surface area contributed by atoms with Crippen LogP contribution in [0.15, 0.2) is 102 Å². The van der Waals surface area contributed by atoms with Gasteiger partial charge in [-0.1, -0.05) is 56.8 Å². The Morgan fingerprint density at radius 1 is 0.865 bits per heavy atom. The molecule has 1 fully saturated rings. The standard InChI is InChI=1S/C65H73N12O27P3S4/c1-35(109-108-6)100-52-25-56(102-53(52)29-99-106(86,87)104-107(88,89)103-105(83,84)85)77-28-38(57-59(66)71-34-72-60(57)77)10-8-14-68-54(78)30-96-17-18-97-55(75-76-67)31-98-41-11-7-9-36(19-41)61(79)69-15-16-70-62(80)37-12-13-42(63(81)82)45(20-37)58-46-21-43-39(32-110(90,91)92)26-64(2,3)73-48(43)23-50(46)101-51-24-49-44(22-47(51)58)40(33-111(93,94)95)27-65(4,5)74-49/h7,9,11-13,19-24,26-28,34-35,52-53,55-56,73H,14-18,25,29-33H2,1-6H3,(H,68,78)(H,69,79)(H,70,80)(H,81,82)(H,86,87)(H,88,89)(H2,66,71,72)(H2,83,84,85)(H,90,91,92)(H,93,94,95)/t35-,52-,53-,55?,56-/m1/s1. The number of hydrogen-bond acceptors (Lipinski definition) is 28. The molecule has 4 aliphatic heterocycles. The Kier molecular flexibility index (Phi) is 26.6. The second kappa shape index (κ2) is 34.8. The van der Waals surface area contributed by atoms with Gasteiger partial charge >= 0.3 is 29.4 Å². The van der Waals surface area contributed by atoms with Gasteiger partial charge in [-0.05, 0) is 112 Å². The maximum atomic E-state index is 14.1. The molecule has 13 N–H and O–H groups in total. The van der Waals surface area contributed by atoms with Gasteiger partial charge in [-0.15, -0.1) is 0 Å². The van der Waals surface area contributed by atoms with E-state index in [-0.39, 0.29) is 135 Å². The lowest BCUT2D eigenvalue weighted by Crippen LogP contribution is -2.35. The molecule has 0 saturated carbocycles. The summed E-state index contributed by atoms with van der Waals surface area (Å²) in [7, 11) is -23.5. The minimum absolute atomic E-state index is 0.0245. The average molecular weight is 1680 g/mol. The Morgan fingerprint density at radius 2 is 1.57 bits per heavy atom. The predicted octanol–water partition coefficient (Wildman–Crippen LogP) is 5.97. The fourth-order valence-electron chi connectivity index (χ4n) is 12.3.